The minimum atomic E-state index is -0.352. The molecular formula is C20H28O4. The predicted octanol–water partition coefficient (Wildman–Crippen LogP) is 3.67. The molecule has 0 aromatic heterocycles. The Morgan fingerprint density at radius 1 is 0.833 bits per heavy atom. The van der Waals surface area contributed by atoms with Crippen molar-refractivity contribution in [3.8, 4) is 0 Å². The second kappa shape index (κ2) is 6.38. The highest BCUT2D eigenvalue weighted by Gasteiger charge is 2.58. The SMILES string of the molecule is C=C(C)C(=O)OCC1(COC(=O)C(=C)C)C2CC3CC(C2)CC1C3. The van der Waals surface area contributed by atoms with E-state index in [4.69, 9.17) is 9.47 Å². The van der Waals surface area contributed by atoms with E-state index in [0.717, 1.165) is 11.8 Å². The van der Waals surface area contributed by atoms with Gasteiger partial charge in [0.25, 0.3) is 0 Å². The van der Waals surface area contributed by atoms with E-state index in [2.05, 4.69) is 13.2 Å². The minimum Gasteiger partial charge on any atom is -0.462 e. The molecule has 0 aliphatic heterocycles. The smallest absolute Gasteiger partial charge is 0.333 e. The van der Waals surface area contributed by atoms with E-state index in [0.29, 0.717) is 36.2 Å². The summed E-state index contributed by atoms with van der Waals surface area (Å²) in [6, 6.07) is 0. The molecule has 0 heterocycles. The fourth-order valence-corrected chi connectivity index (χ4v) is 5.28. The average Bonchev–Trinajstić information content (AvgIpc) is 2.52. The van der Waals surface area contributed by atoms with Crippen LogP contribution in [0, 0.1) is 29.1 Å². The first-order chi connectivity index (χ1) is 11.3. The Morgan fingerprint density at radius 2 is 1.21 bits per heavy atom. The molecule has 0 atom stereocenters. The lowest BCUT2D eigenvalue weighted by molar-refractivity contribution is -0.183. The summed E-state index contributed by atoms with van der Waals surface area (Å²) in [5.41, 5.74) is 0.588. The number of rotatable bonds is 6. The molecule has 4 rings (SSSR count). The van der Waals surface area contributed by atoms with Gasteiger partial charge in [0.2, 0.25) is 0 Å². The third-order valence-electron chi connectivity index (χ3n) is 6.41. The van der Waals surface area contributed by atoms with Gasteiger partial charge in [-0.05, 0) is 69.6 Å². The van der Waals surface area contributed by atoms with Crippen molar-refractivity contribution in [1.29, 1.82) is 0 Å². The van der Waals surface area contributed by atoms with Crippen LogP contribution in [-0.4, -0.2) is 25.2 Å². The Hall–Kier alpha value is -1.58. The number of hydrogen-bond acceptors (Lipinski definition) is 4. The summed E-state index contributed by atoms with van der Waals surface area (Å²) in [6.07, 6.45) is 6.02. The maximum absolute atomic E-state index is 11.9. The van der Waals surface area contributed by atoms with Crippen molar-refractivity contribution in [3.05, 3.63) is 24.3 Å². The molecule has 4 bridgehead atoms. The summed E-state index contributed by atoms with van der Waals surface area (Å²) in [6.45, 7) is 11.3. The molecular weight excluding hydrogens is 304 g/mol. The molecule has 0 aromatic carbocycles. The zero-order valence-corrected chi connectivity index (χ0v) is 14.8. The van der Waals surface area contributed by atoms with Gasteiger partial charge in [-0.15, -0.1) is 0 Å². The second-order valence-corrected chi connectivity index (χ2v) is 8.25. The largest absolute Gasteiger partial charge is 0.462 e. The second-order valence-electron chi connectivity index (χ2n) is 8.25. The van der Waals surface area contributed by atoms with Gasteiger partial charge in [0.15, 0.2) is 0 Å². The van der Waals surface area contributed by atoms with Crippen molar-refractivity contribution >= 4 is 11.9 Å². The van der Waals surface area contributed by atoms with Crippen LogP contribution in [0.5, 0.6) is 0 Å². The van der Waals surface area contributed by atoms with Gasteiger partial charge in [-0.3, -0.25) is 0 Å². The van der Waals surface area contributed by atoms with Gasteiger partial charge in [0.05, 0.1) is 0 Å². The highest BCUT2D eigenvalue weighted by atomic mass is 16.5. The number of carbonyl (C=O) groups is 2. The Bertz CT molecular complexity index is 514. The average molecular weight is 332 g/mol. The molecule has 24 heavy (non-hydrogen) atoms. The quantitative estimate of drug-likeness (QED) is 0.550. The molecule has 0 amide bonds. The van der Waals surface area contributed by atoms with E-state index in [1.165, 1.54) is 32.1 Å². The highest BCUT2D eigenvalue weighted by molar-refractivity contribution is 5.87. The van der Waals surface area contributed by atoms with Crippen LogP contribution in [0.15, 0.2) is 24.3 Å². The number of esters is 2. The molecule has 0 spiro atoms. The van der Waals surface area contributed by atoms with Crippen molar-refractivity contribution in [2.45, 2.75) is 46.0 Å². The van der Waals surface area contributed by atoms with Crippen LogP contribution < -0.4 is 0 Å². The third-order valence-corrected chi connectivity index (χ3v) is 6.41. The molecule has 4 aliphatic rings. The van der Waals surface area contributed by atoms with Gasteiger partial charge in [0, 0.05) is 16.6 Å². The van der Waals surface area contributed by atoms with E-state index in [1.54, 1.807) is 13.8 Å². The molecule has 4 heteroatoms. The predicted molar refractivity (Wildman–Crippen MR) is 91.0 cm³/mol. The van der Waals surface area contributed by atoms with Gasteiger partial charge in [-0.1, -0.05) is 13.2 Å². The minimum absolute atomic E-state index is 0.232. The zero-order chi connectivity index (χ0) is 17.5. The fourth-order valence-electron chi connectivity index (χ4n) is 5.28. The van der Waals surface area contributed by atoms with Crippen LogP contribution in [0.25, 0.3) is 0 Å². The Morgan fingerprint density at radius 3 is 1.54 bits per heavy atom. The first kappa shape index (κ1) is 17.2. The Kier molecular flexibility index (Phi) is 4.58. The lowest BCUT2D eigenvalue weighted by Gasteiger charge is -2.60. The normalized spacial score (nSPS) is 32.2. The number of ether oxygens (including phenoxy) is 2. The van der Waals surface area contributed by atoms with Crippen LogP contribution in [0.1, 0.15) is 46.0 Å². The van der Waals surface area contributed by atoms with Crippen molar-refractivity contribution in [2.75, 3.05) is 13.2 Å². The van der Waals surface area contributed by atoms with E-state index in [1.807, 2.05) is 0 Å². The van der Waals surface area contributed by atoms with Crippen LogP contribution >= 0.6 is 0 Å². The summed E-state index contributed by atoms with van der Waals surface area (Å²) < 4.78 is 11.1. The van der Waals surface area contributed by atoms with Gasteiger partial charge >= 0.3 is 11.9 Å². The molecule has 4 nitrogen and oxygen atoms in total. The van der Waals surface area contributed by atoms with Crippen LogP contribution in [-0.2, 0) is 19.1 Å². The van der Waals surface area contributed by atoms with Gasteiger partial charge in [-0.2, -0.15) is 0 Å². The first-order valence-corrected chi connectivity index (χ1v) is 8.97. The summed E-state index contributed by atoms with van der Waals surface area (Å²) in [4.78, 5) is 23.8. The van der Waals surface area contributed by atoms with Gasteiger partial charge in [-0.25, -0.2) is 9.59 Å². The molecule has 132 valence electrons. The lowest BCUT2D eigenvalue weighted by Crippen LogP contribution is -2.57. The zero-order valence-electron chi connectivity index (χ0n) is 14.8. The molecule has 4 saturated carbocycles. The molecule has 4 aliphatic carbocycles. The van der Waals surface area contributed by atoms with Crippen LogP contribution in [0.3, 0.4) is 0 Å². The van der Waals surface area contributed by atoms with Crippen LogP contribution in [0.4, 0.5) is 0 Å². The Balaban J connectivity index is 1.78. The number of hydrogen-bond donors (Lipinski definition) is 0. The fraction of sp³-hybridized carbons (Fsp3) is 0.700. The molecule has 0 radical (unpaired) electrons. The number of carbonyl (C=O) groups excluding carboxylic acids is 2. The van der Waals surface area contributed by atoms with Crippen molar-refractivity contribution in [3.63, 3.8) is 0 Å². The maximum atomic E-state index is 11.9. The summed E-state index contributed by atoms with van der Waals surface area (Å²) in [7, 11) is 0. The summed E-state index contributed by atoms with van der Waals surface area (Å²) in [5.74, 6) is 1.85. The van der Waals surface area contributed by atoms with E-state index >= 15 is 0 Å². The molecule has 0 N–H and O–H groups in total. The molecule has 0 saturated heterocycles. The van der Waals surface area contributed by atoms with E-state index in [-0.39, 0.29) is 17.4 Å². The van der Waals surface area contributed by atoms with Crippen molar-refractivity contribution in [1.82, 2.24) is 0 Å². The first-order valence-electron chi connectivity index (χ1n) is 8.97. The standard InChI is InChI=1S/C20H28O4/c1-12(2)18(21)23-10-20(11-24-19(22)13(3)4)16-6-14-5-15(8-16)9-17(20)7-14/h14-17H,1,3,5-11H2,2,4H3. The summed E-state index contributed by atoms with van der Waals surface area (Å²) >= 11 is 0. The van der Waals surface area contributed by atoms with Crippen molar-refractivity contribution in [2.24, 2.45) is 29.1 Å². The highest BCUT2D eigenvalue weighted by Crippen LogP contribution is 2.62. The van der Waals surface area contributed by atoms with Gasteiger partial charge in [0.1, 0.15) is 13.2 Å². The van der Waals surface area contributed by atoms with Crippen LogP contribution in [0.2, 0.25) is 0 Å². The van der Waals surface area contributed by atoms with Crippen molar-refractivity contribution < 1.29 is 19.1 Å². The molecule has 4 fully saturated rings. The molecule has 0 aromatic rings. The van der Waals surface area contributed by atoms with Gasteiger partial charge < -0.3 is 9.47 Å². The van der Waals surface area contributed by atoms with E-state index < -0.39 is 0 Å². The molecule has 0 unspecified atom stereocenters. The monoisotopic (exact) mass is 332 g/mol. The van der Waals surface area contributed by atoms with E-state index in [9.17, 15) is 9.59 Å². The third kappa shape index (κ3) is 3.03. The Labute approximate surface area is 144 Å². The summed E-state index contributed by atoms with van der Waals surface area (Å²) in [5, 5.41) is 0. The topological polar surface area (TPSA) is 52.6 Å². The lowest BCUT2D eigenvalue weighted by atomic mass is 9.45. The maximum Gasteiger partial charge on any atom is 0.333 e.